The molecule has 0 aliphatic carbocycles. The lowest BCUT2D eigenvalue weighted by Gasteiger charge is -2.37. The van der Waals surface area contributed by atoms with Crippen LogP contribution in [0.4, 0.5) is 11.5 Å². The fourth-order valence-corrected chi connectivity index (χ4v) is 4.20. The molecule has 0 radical (unpaired) electrons. The Morgan fingerprint density at radius 2 is 1.90 bits per heavy atom. The number of benzene rings is 1. The third kappa shape index (κ3) is 6.24. The number of aryl methyl sites for hydroxylation is 1. The van der Waals surface area contributed by atoms with Crippen molar-refractivity contribution in [3.05, 3.63) is 41.0 Å². The van der Waals surface area contributed by atoms with Crippen LogP contribution in [0, 0.1) is 6.92 Å². The second-order valence-electron chi connectivity index (χ2n) is 7.08. The highest BCUT2D eigenvalue weighted by Crippen LogP contribution is 2.25. The van der Waals surface area contributed by atoms with Gasteiger partial charge in [0.25, 0.3) is 0 Å². The number of para-hydroxylation sites is 1. The van der Waals surface area contributed by atoms with Crippen LogP contribution in [0.1, 0.15) is 25.3 Å². The predicted molar refractivity (Wildman–Crippen MR) is 121 cm³/mol. The molecule has 8 heteroatoms. The van der Waals surface area contributed by atoms with Gasteiger partial charge in [0.2, 0.25) is 5.91 Å². The molecule has 156 valence electrons. The lowest BCUT2D eigenvalue weighted by Crippen LogP contribution is -2.47. The molecule has 1 saturated heterocycles. The topological polar surface area (TPSA) is 61.4 Å². The highest BCUT2D eigenvalue weighted by Gasteiger charge is 2.20. The van der Waals surface area contributed by atoms with Gasteiger partial charge < -0.3 is 15.1 Å². The molecule has 1 aliphatic rings. The number of rotatable bonds is 8. The molecule has 29 heavy (non-hydrogen) atoms. The maximum atomic E-state index is 11.9. The van der Waals surface area contributed by atoms with Crippen LogP contribution in [0.5, 0.6) is 0 Å². The van der Waals surface area contributed by atoms with Gasteiger partial charge in [-0.2, -0.15) is 0 Å². The van der Waals surface area contributed by atoms with E-state index in [0.29, 0.717) is 22.6 Å². The van der Waals surface area contributed by atoms with Crippen LogP contribution in [-0.2, 0) is 4.79 Å². The van der Waals surface area contributed by atoms with Gasteiger partial charge in [-0.05, 0) is 25.0 Å². The van der Waals surface area contributed by atoms with E-state index >= 15 is 0 Å². The molecular formula is C21H28ClN5OS. The van der Waals surface area contributed by atoms with Crippen molar-refractivity contribution < 1.29 is 4.79 Å². The Labute approximate surface area is 182 Å². The Balaban J connectivity index is 1.57. The van der Waals surface area contributed by atoms with Crippen LogP contribution in [-0.4, -0.2) is 54.4 Å². The number of halogens is 1. The second kappa shape index (κ2) is 10.7. The Morgan fingerprint density at radius 1 is 1.17 bits per heavy atom. The maximum Gasteiger partial charge on any atom is 0.230 e. The molecule has 3 rings (SSSR count). The van der Waals surface area contributed by atoms with E-state index in [-0.39, 0.29) is 5.91 Å². The van der Waals surface area contributed by atoms with Gasteiger partial charge in [0, 0.05) is 44.5 Å². The first-order valence-corrected chi connectivity index (χ1v) is 11.4. The number of aromatic nitrogens is 2. The lowest BCUT2D eigenvalue weighted by atomic mass is 10.1. The normalized spacial score (nSPS) is 14.2. The van der Waals surface area contributed by atoms with Crippen LogP contribution in [0.15, 0.2) is 35.5 Å². The van der Waals surface area contributed by atoms with Gasteiger partial charge in [-0.15, -0.1) is 0 Å². The van der Waals surface area contributed by atoms with Crippen molar-refractivity contribution in [2.75, 3.05) is 48.3 Å². The minimum atomic E-state index is 0.000390. The third-order valence-electron chi connectivity index (χ3n) is 4.91. The largest absolute Gasteiger partial charge is 0.368 e. The molecule has 1 amide bonds. The van der Waals surface area contributed by atoms with E-state index < -0.39 is 0 Å². The molecule has 1 aromatic heterocycles. The number of hydrogen-bond acceptors (Lipinski definition) is 6. The van der Waals surface area contributed by atoms with Gasteiger partial charge in [0.1, 0.15) is 11.0 Å². The lowest BCUT2D eigenvalue weighted by molar-refractivity contribution is -0.118. The second-order valence-corrected chi connectivity index (χ2v) is 8.41. The summed E-state index contributed by atoms with van der Waals surface area (Å²) in [5.74, 6) is 1.12. The summed E-state index contributed by atoms with van der Waals surface area (Å²) in [7, 11) is 0. The molecule has 2 heterocycles. The number of carbonyl (C=O) groups excluding carboxylic acids is 1. The first-order chi connectivity index (χ1) is 14.1. The summed E-state index contributed by atoms with van der Waals surface area (Å²) in [6.45, 7) is 8.54. The van der Waals surface area contributed by atoms with Crippen molar-refractivity contribution in [3.63, 3.8) is 0 Å². The van der Waals surface area contributed by atoms with Gasteiger partial charge in [-0.25, -0.2) is 9.97 Å². The zero-order chi connectivity index (χ0) is 20.6. The van der Waals surface area contributed by atoms with Crippen molar-refractivity contribution in [1.29, 1.82) is 0 Å². The maximum absolute atomic E-state index is 11.9. The average Bonchev–Trinajstić information content (AvgIpc) is 2.73. The van der Waals surface area contributed by atoms with E-state index in [9.17, 15) is 4.79 Å². The molecule has 1 N–H and O–H groups in total. The first-order valence-electron chi connectivity index (χ1n) is 10.1. The summed E-state index contributed by atoms with van der Waals surface area (Å²) in [5.41, 5.74) is 2.58. The van der Waals surface area contributed by atoms with Crippen LogP contribution in [0.2, 0.25) is 5.15 Å². The molecule has 1 aromatic carbocycles. The molecule has 0 atom stereocenters. The molecule has 0 spiro atoms. The number of anilines is 2. The Bertz CT molecular complexity index is 826. The summed E-state index contributed by atoms with van der Waals surface area (Å²) < 4.78 is 0. The number of piperazine rings is 1. The summed E-state index contributed by atoms with van der Waals surface area (Å²) >= 11 is 7.55. The fourth-order valence-electron chi connectivity index (χ4n) is 3.29. The monoisotopic (exact) mass is 433 g/mol. The molecular weight excluding hydrogens is 406 g/mol. The molecule has 2 aromatic rings. The van der Waals surface area contributed by atoms with E-state index in [1.165, 1.54) is 23.0 Å². The quantitative estimate of drug-likeness (QED) is 0.296. The highest BCUT2D eigenvalue weighted by atomic mass is 35.5. The van der Waals surface area contributed by atoms with E-state index in [0.717, 1.165) is 44.8 Å². The SMILES string of the molecule is CCCCNC(=O)CSc1nc(Cl)cc(N2CCN(c3ccccc3C)CC2)n1. The summed E-state index contributed by atoms with van der Waals surface area (Å²) in [5, 5.41) is 3.86. The molecule has 6 nitrogen and oxygen atoms in total. The Hall–Kier alpha value is -1.99. The Morgan fingerprint density at radius 3 is 2.62 bits per heavy atom. The van der Waals surface area contributed by atoms with E-state index in [4.69, 9.17) is 11.6 Å². The van der Waals surface area contributed by atoms with Gasteiger partial charge in [0.05, 0.1) is 5.75 Å². The predicted octanol–water partition coefficient (Wildman–Crippen LogP) is 3.77. The van der Waals surface area contributed by atoms with Crippen molar-refractivity contribution in [3.8, 4) is 0 Å². The smallest absolute Gasteiger partial charge is 0.230 e. The van der Waals surface area contributed by atoms with E-state index in [1.54, 1.807) is 6.07 Å². The zero-order valence-corrected chi connectivity index (χ0v) is 18.6. The van der Waals surface area contributed by atoms with Crippen LogP contribution < -0.4 is 15.1 Å². The number of amides is 1. The number of nitrogens with one attached hydrogen (secondary N) is 1. The van der Waals surface area contributed by atoms with Gasteiger partial charge >= 0.3 is 0 Å². The van der Waals surface area contributed by atoms with Crippen LogP contribution in [0.25, 0.3) is 0 Å². The minimum absolute atomic E-state index is 0.000390. The van der Waals surface area contributed by atoms with Crippen molar-refractivity contribution >= 4 is 40.8 Å². The fraction of sp³-hybridized carbons (Fsp3) is 0.476. The molecule has 1 aliphatic heterocycles. The Kier molecular flexibility index (Phi) is 8.00. The number of thioether (sulfide) groups is 1. The third-order valence-corrected chi connectivity index (χ3v) is 5.95. The van der Waals surface area contributed by atoms with Crippen LogP contribution in [0.3, 0.4) is 0 Å². The molecule has 0 bridgehead atoms. The number of carbonyl (C=O) groups is 1. The number of nitrogens with zero attached hydrogens (tertiary/aromatic N) is 4. The summed E-state index contributed by atoms with van der Waals surface area (Å²) in [4.78, 5) is 25.5. The molecule has 0 saturated carbocycles. The van der Waals surface area contributed by atoms with E-state index in [2.05, 4.69) is 63.2 Å². The van der Waals surface area contributed by atoms with Gasteiger partial charge in [-0.3, -0.25) is 4.79 Å². The molecule has 0 unspecified atom stereocenters. The van der Waals surface area contributed by atoms with Crippen molar-refractivity contribution in [1.82, 2.24) is 15.3 Å². The average molecular weight is 434 g/mol. The summed E-state index contributed by atoms with van der Waals surface area (Å²) in [6.07, 6.45) is 2.05. The minimum Gasteiger partial charge on any atom is -0.368 e. The van der Waals surface area contributed by atoms with Gasteiger partial charge in [-0.1, -0.05) is 54.9 Å². The van der Waals surface area contributed by atoms with Gasteiger partial charge in [0.15, 0.2) is 5.16 Å². The van der Waals surface area contributed by atoms with Crippen molar-refractivity contribution in [2.24, 2.45) is 0 Å². The highest BCUT2D eigenvalue weighted by molar-refractivity contribution is 7.99. The molecule has 1 fully saturated rings. The number of hydrogen-bond donors (Lipinski definition) is 1. The number of unbranched alkanes of at least 4 members (excludes halogenated alkanes) is 1. The standard InChI is InChI=1S/C21H28ClN5OS/c1-3-4-9-23-20(28)15-29-21-24-18(22)14-19(25-21)27-12-10-26(11-13-27)17-8-6-5-7-16(17)2/h5-8,14H,3-4,9-13,15H2,1-2H3,(H,23,28). The van der Waals surface area contributed by atoms with E-state index in [1.807, 2.05) is 0 Å². The summed E-state index contributed by atoms with van der Waals surface area (Å²) in [6, 6.07) is 10.3. The zero-order valence-electron chi connectivity index (χ0n) is 17.0. The van der Waals surface area contributed by atoms with Crippen LogP contribution >= 0.6 is 23.4 Å². The first kappa shape index (κ1) is 21.7. The van der Waals surface area contributed by atoms with Crippen molar-refractivity contribution in [2.45, 2.75) is 31.8 Å².